The highest BCUT2D eigenvalue weighted by atomic mass is 19.1. The predicted molar refractivity (Wildman–Crippen MR) is 47.3 cm³/mol. The maximum absolute atomic E-state index is 13.1. The lowest BCUT2D eigenvalue weighted by atomic mass is 10.1. The highest BCUT2D eigenvalue weighted by molar-refractivity contribution is 5.90. The molecule has 0 atom stereocenters. The molecule has 0 fully saturated rings. The van der Waals surface area contributed by atoms with Gasteiger partial charge in [0, 0.05) is 0 Å². The summed E-state index contributed by atoms with van der Waals surface area (Å²) in [4.78, 5) is 10.6. The lowest BCUT2D eigenvalue weighted by Crippen LogP contribution is -2.02. The molecule has 0 aliphatic rings. The average Bonchev–Trinajstić information content (AvgIpc) is 2.15. The second kappa shape index (κ2) is 4.40. The molecule has 1 aromatic carbocycles. The summed E-state index contributed by atoms with van der Waals surface area (Å²) in [6, 6.07) is 3.67. The van der Waals surface area contributed by atoms with Crippen LogP contribution in [-0.2, 0) is 0 Å². The first kappa shape index (κ1) is 10.2. The molecule has 0 aliphatic heterocycles. The topological polar surface area (TPSA) is 57.5 Å². The van der Waals surface area contributed by atoms with Gasteiger partial charge < -0.3 is 10.2 Å². The molecule has 0 amide bonds. The number of carboxylic acid groups (broad SMARTS) is 1. The van der Waals surface area contributed by atoms with E-state index in [1.165, 1.54) is 12.1 Å². The van der Waals surface area contributed by atoms with E-state index in [4.69, 9.17) is 10.2 Å². The van der Waals surface area contributed by atoms with Crippen LogP contribution in [0, 0.1) is 17.7 Å². The van der Waals surface area contributed by atoms with Crippen LogP contribution in [0.2, 0.25) is 0 Å². The Morgan fingerprint density at radius 3 is 2.79 bits per heavy atom. The van der Waals surface area contributed by atoms with Gasteiger partial charge in [0.15, 0.2) is 0 Å². The number of carboxylic acids is 1. The summed E-state index contributed by atoms with van der Waals surface area (Å²) in [5.74, 6) is 2.51. The lowest BCUT2D eigenvalue weighted by molar-refractivity contribution is 0.0696. The van der Waals surface area contributed by atoms with E-state index in [0.717, 1.165) is 6.07 Å². The molecular formula is C10H7FO3. The first-order valence-electron chi connectivity index (χ1n) is 3.78. The van der Waals surface area contributed by atoms with Crippen molar-refractivity contribution in [2.45, 2.75) is 0 Å². The third-order valence-corrected chi connectivity index (χ3v) is 1.54. The van der Waals surface area contributed by atoms with Gasteiger partial charge in [-0.05, 0) is 12.1 Å². The summed E-state index contributed by atoms with van der Waals surface area (Å²) >= 11 is 0. The summed E-state index contributed by atoms with van der Waals surface area (Å²) in [5.41, 5.74) is -0.403. The van der Waals surface area contributed by atoms with E-state index in [2.05, 4.69) is 11.8 Å². The van der Waals surface area contributed by atoms with Gasteiger partial charge in [0.2, 0.25) is 0 Å². The summed E-state index contributed by atoms with van der Waals surface area (Å²) in [6.45, 7) is -0.437. The van der Waals surface area contributed by atoms with E-state index in [1.54, 1.807) is 0 Å². The van der Waals surface area contributed by atoms with Crippen molar-refractivity contribution < 1.29 is 19.4 Å². The Labute approximate surface area is 79.8 Å². The predicted octanol–water partition coefficient (Wildman–Crippen LogP) is 0.868. The van der Waals surface area contributed by atoms with Gasteiger partial charge in [0.05, 0.1) is 11.1 Å². The number of hydrogen-bond acceptors (Lipinski definition) is 2. The average molecular weight is 194 g/mol. The van der Waals surface area contributed by atoms with Gasteiger partial charge in [0.1, 0.15) is 12.4 Å². The van der Waals surface area contributed by atoms with Crippen LogP contribution < -0.4 is 0 Å². The number of halogens is 1. The zero-order valence-corrected chi connectivity index (χ0v) is 7.12. The Kier molecular flexibility index (Phi) is 3.21. The van der Waals surface area contributed by atoms with Crippen molar-refractivity contribution in [1.29, 1.82) is 0 Å². The molecule has 2 N–H and O–H groups in total. The number of carbonyl (C=O) groups is 1. The van der Waals surface area contributed by atoms with E-state index in [9.17, 15) is 9.18 Å². The Hall–Kier alpha value is -1.86. The fraction of sp³-hybridized carbons (Fsp3) is 0.100. The van der Waals surface area contributed by atoms with E-state index < -0.39 is 18.4 Å². The lowest BCUT2D eigenvalue weighted by Gasteiger charge is -1.99. The van der Waals surface area contributed by atoms with Crippen molar-refractivity contribution in [2.75, 3.05) is 6.61 Å². The third-order valence-electron chi connectivity index (χ3n) is 1.54. The second-order valence-corrected chi connectivity index (χ2v) is 2.43. The van der Waals surface area contributed by atoms with Crippen molar-refractivity contribution in [1.82, 2.24) is 0 Å². The second-order valence-electron chi connectivity index (χ2n) is 2.43. The molecule has 0 aromatic heterocycles. The molecule has 14 heavy (non-hydrogen) atoms. The van der Waals surface area contributed by atoms with Crippen LogP contribution in [0.5, 0.6) is 0 Å². The number of aromatic carboxylic acids is 1. The van der Waals surface area contributed by atoms with Gasteiger partial charge in [-0.2, -0.15) is 0 Å². The Morgan fingerprint density at radius 2 is 2.21 bits per heavy atom. The number of aliphatic hydroxyl groups is 1. The first-order chi connectivity index (χ1) is 6.66. The molecule has 0 radical (unpaired) electrons. The van der Waals surface area contributed by atoms with Gasteiger partial charge in [0.25, 0.3) is 0 Å². The van der Waals surface area contributed by atoms with Gasteiger partial charge >= 0.3 is 5.97 Å². The first-order valence-corrected chi connectivity index (χ1v) is 3.78. The molecule has 72 valence electrons. The van der Waals surface area contributed by atoms with Crippen molar-refractivity contribution >= 4 is 5.97 Å². The van der Waals surface area contributed by atoms with Gasteiger partial charge in [-0.1, -0.05) is 17.9 Å². The largest absolute Gasteiger partial charge is 0.478 e. The molecule has 3 nitrogen and oxygen atoms in total. The quantitative estimate of drug-likeness (QED) is 0.652. The Bertz CT molecular complexity index is 415. The summed E-state index contributed by atoms with van der Waals surface area (Å²) in [5, 5.41) is 17.1. The van der Waals surface area contributed by atoms with Crippen molar-refractivity contribution in [2.24, 2.45) is 0 Å². The Morgan fingerprint density at radius 1 is 1.50 bits per heavy atom. The monoisotopic (exact) mass is 194 g/mol. The normalized spacial score (nSPS) is 9.00. The molecule has 0 bridgehead atoms. The number of hydrogen-bond donors (Lipinski definition) is 2. The van der Waals surface area contributed by atoms with Crippen molar-refractivity contribution in [3.8, 4) is 11.8 Å². The van der Waals surface area contributed by atoms with Crippen molar-refractivity contribution in [3.63, 3.8) is 0 Å². The zero-order chi connectivity index (χ0) is 10.6. The summed E-state index contributed by atoms with van der Waals surface area (Å²) in [6.07, 6.45) is 0. The molecule has 0 spiro atoms. The molecule has 0 saturated heterocycles. The molecule has 0 heterocycles. The van der Waals surface area contributed by atoms with E-state index in [0.29, 0.717) is 0 Å². The SMILES string of the molecule is O=C(O)c1cccc(F)c1C#CCO. The molecule has 0 saturated carbocycles. The van der Waals surface area contributed by atoms with Gasteiger partial charge in [-0.25, -0.2) is 9.18 Å². The highest BCUT2D eigenvalue weighted by Gasteiger charge is 2.11. The maximum Gasteiger partial charge on any atom is 0.337 e. The third kappa shape index (κ3) is 2.09. The van der Waals surface area contributed by atoms with Crippen LogP contribution in [0.4, 0.5) is 4.39 Å². The molecule has 0 unspecified atom stereocenters. The molecule has 0 aliphatic carbocycles. The van der Waals surface area contributed by atoms with E-state index >= 15 is 0 Å². The summed E-state index contributed by atoms with van der Waals surface area (Å²) < 4.78 is 13.1. The van der Waals surface area contributed by atoms with Gasteiger partial charge in [-0.3, -0.25) is 0 Å². The maximum atomic E-state index is 13.1. The molecule has 1 rings (SSSR count). The highest BCUT2D eigenvalue weighted by Crippen LogP contribution is 2.12. The minimum atomic E-state index is -1.24. The molecule has 4 heteroatoms. The van der Waals surface area contributed by atoms with Gasteiger partial charge in [-0.15, -0.1) is 0 Å². The number of rotatable bonds is 1. The smallest absolute Gasteiger partial charge is 0.337 e. The number of aliphatic hydroxyl groups excluding tert-OH is 1. The van der Waals surface area contributed by atoms with Crippen LogP contribution in [0.1, 0.15) is 15.9 Å². The Balaban J connectivity index is 3.29. The zero-order valence-electron chi connectivity index (χ0n) is 7.12. The summed E-state index contributed by atoms with van der Waals surface area (Å²) in [7, 11) is 0. The molecular weight excluding hydrogens is 187 g/mol. The minimum absolute atomic E-state index is 0.200. The molecule has 1 aromatic rings. The van der Waals surface area contributed by atoms with Crippen molar-refractivity contribution in [3.05, 3.63) is 35.1 Å². The van der Waals surface area contributed by atoms with Crippen LogP contribution in [0.3, 0.4) is 0 Å². The standard InChI is InChI=1S/C10H7FO3/c11-9-5-1-3-8(10(13)14)7(9)4-2-6-12/h1,3,5,12H,6H2,(H,13,14). The van der Waals surface area contributed by atoms with Crippen LogP contribution in [-0.4, -0.2) is 22.8 Å². The fourth-order valence-electron chi connectivity index (χ4n) is 0.957. The van der Waals surface area contributed by atoms with E-state index in [1.807, 2.05) is 0 Å². The van der Waals surface area contributed by atoms with Crippen LogP contribution in [0.15, 0.2) is 18.2 Å². The van der Waals surface area contributed by atoms with Crippen LogP contribution in [0.25, 0.3) is 0 Å². The number of benzene rings is 1. The fourth-order valence-corrected chi connectivity index (χ4v) is 0.957. The van der Waals surface area contributed by atoms with E-state index in [-0.39, 0.29) is 11.1 Å². The minimum Gasteiger partial charge on any atom is -0.478 e. The van der Waals surface area contributed by atoms with Crippen LogP contribution >= 0.6 is 0 Å².